The quantitative estimate of drug-likeness (QED) is 0.675. The molecule has 3 heteroatoms. The van der Waals surface area contributed by atoms with Crippen molar-refractivity contribution in [1.82, 2.24) is 0 Å². The fourth-order valence-corrected chi connectivity index (χ4v) is 1.94. The van der Waals surface area contributed by atoms with E-state index in [-0.39, 0.29) is 6.61 Å². The third-order valence-corrected chi connectivity index (χ3v) is 3.23. The van der Waals surface area contributed by atoms with E-state index in [1.54, 1.807) is 0 Å². The van der Waals surface area contributed by atoms with Crippen molar-refractivity contribution < 1.29 is 9.84 Å². The minimum atomic E-state index is -0.457. The zero-order chi connectivity index (χ0) is 14.1. The summed E-state index contributed by atoms with van der Waals surface area (Å²) in [6, 6.07) is 8.32. The van der Waals surface area contributed by atoms with Crippen molar-refractivity contribution in [3.8, 4) is 5.75 Å². The van der Waals surface area contributed by atoms with Gasteiger partial charge in [-0.2, -0.15) is 0 Å². The highest BCUT2D eigenvalue weighted by atomic mass is 16.5. The number of aliphatic hydroxyl groups excluding tert-OH is 1. The average Bonchev–Trinajstić information content (AvgIpc) is 2.40. The maximum absolute atomic E-state index is 9.04. The normalized spacial score (nSPS) is 14.1. The van der Waals surface area contributed by atoms with Gasteiger partial charge < -0.3 is 15.6 Å². The summed E-state index contributed by atoms with van der Waals surface area (Å²) >= 11 is 0. The van der Waals surface area contributed by atoms with Gasteiger partial charge in [0.2, 0.25) is 0 Å². The molecule has 0 saturated heterocycles. The molecule has 1 atom stereocenters. The van der Waals surface area contributed by atoms with Gasteiger partial charge >= 0.3 is 0 Å². The Morgan fingerprint density at radius 1 is 1.21 bits per heavy atom. The molecule has 0 aliphatic carbocycles. The van der Waals surface area contributed by atoms with Gasteiger partial charge in [-0.05, 0) is 50.3 Å². The molecule has 3 nitrogen and oxygen atoms in total. The van der Waals surface area contributed by atoms with Crippen molar-refractivity contribution in [2.75, 3.05) is 13.2 Å². The predicted molar refractivity (Wildman–Crippen MR) is 79.5 cm³/mol. The summed E-state index contributed by atoms with van der Waals surface area (Å²) in [7, 11) is 0. The Balaban J connectivity index is 2.19. The topological polar surface area (TPSA) is 55.5 Å². The molecule has 0 spiro atoms. The molecule has 1 unspecified atom stereocenters. The molecule has 0 aliphatic rings. The fraction of sp³-hybridized carbons (Fsp3) is 0.625. The van der Waals surface area contributed by atoms with Gasteiger partial charge in [-0.25, -0.2) is 0 Å². The van der Waals surface area contributed by atoms with Crippen LogP contribution in [-0.2, 0) is 6.42 Å². The number of rotatable bonds is 9. The van der Waals surface area contributed by atoms with Crippen molar-refractivity contribution >= 4 is 0 Å². The molecule has 0 amide bonds. The minimum Gasteiger partial charge on any atom is -0.494 e. The second kappa shape index (κ2) is 8.18. The minimum absolute atomic E-state index is 0.0345. The van der Waals surface area contributed by atoms with E-state index in [1.165, 1.54) is 12.0 Å². The van der Waals surface area contributed by atoms with Crippen LogP contribution in [0.2, 0.25) is 0 Å². The fourth-order valence-electron chi connectivity index (χ4n) is 1.94. The Bertz CT molecular complexity index is 346. The highest BCUT2D eigenvalue weighted by molar-refractivity contribution is 5.27. The molecule has 1 aromatic carbocycles. The molecule has 0 aliphatic heterocycles. The number of hydrogen-bond donors (Lipinski definition) is 2. The molecule has 0 saturated carbocycles. The molecule has 19 heavy (non-hydrogen) atoms. The van der Waals surface area contributed by atoms with Crippen LogP contribution in [0.25, 0.3) is 0 Å². The van der Waals surface area contributed by atoms with E-state index in [4.69, 9.17) is 15.6 Å². The number of benzene rings is 1. The Labute approximate surface area is 116 Å². The summed E-state index contributed by atoms with van der Waals surface area (Å²) in [5, 5.41) is 9.04. The van der Waals surface area contributed by atoms with Gasteiger partial charge in [-0.15, -0.1) is 0 Å². The molecule has 0 bridgehead atoms. The second-order valence-corrected chi connectivity index (χ2v) is 5.51. The summed E-state index contributed by atoms with van der Waals surface area (Å²) in [5.74, 6) is 0.928. The first-order chi connectivity index (χ1) is 9.07. The van der Waals surface area contributed by atoms with E-state index < -0.39 is 5.54 Å². The van der Waals surface area contributed by atoms with Crippen LogP contribution >= 0.6 is 0 Å². The summed E-state index contributed by atoms with van der Waals surface area (Å²) in [4.78, 5) is 0. The molecular weight excluding hydrogens is 238 g/mol. The number of ether oxygens (including phenoxy) is 1. The maximum Gasteiger partial charge on any atom is 0.119 e. The summed E-state index contributed by atoms with van der Waals surface area (Å²) < 4.78 is 5.68. The lowest BCUT2D eigenvalue weighted by atomic mass is 9.97. The largest absolute Gasteiger partial charge is 0.494 e. The number of aliphatic hydroxyl groups is 1. The van der Waals surface area contributed by atoms with E-state index in [9.17, 15) is 0 Å². The van der Waals surface area contributed by atoms with Gasteiger partial charge in [0.1, 0.15) is 5.75 Å². The van der Waals surface area contributed by atoms with Gasteiger partial charge in [-0.3, -0.25) is 0 Å². The first kappa shape index (κ1) is 16.0. The standard InChI is InChI=1S/C16H27NO2/c1-3-6-14-7-9-15(10-8-14)19-12-5-4-11-16(2,17)13-18/h7-10,18H,3-6,11-13,17H2,1-2H3. The van der Waals surface area contributed by atoms with Crippen molar-refractivity contribution in [3.05, 3.63) is 29.8 Å². The van der Waals surface area contributed by atoms with Gasteiger partial charge in [0.15, 0.2) is 0 Å². The smallest absolute Gasteiger partial charge is 0.119 e. The SMILES string of the molecule is CCCc1ccc(OCCCCC(C)(N)CO)cc1. The number of nitrogens with two attached hydrogens (primary N) is 1. The number of aryl methyl sites for hydroxylation is 1. The predicted octanol–water partition coefficient (Wildman–Crippen LogP) is 2.90. The first-order valence-electron chi connectivity index (χ1n) is 7.19. The lowest BCUT2D eigenvalue weighted by molar-refractivity contribution is 0.194. The van der Waals surface area contributed by atoms with E-state index in [0.717, 1.165) is 31.4 Å². The van der Waals surface area contributed by atoms with Gasteiger partial charge in [0, 0.05) is 5.54 Å². The lowest BCUT2D eigenvalue weighted by Gasteiger charge is -2.21. The van der Waals surface area contributed by atoms with Crippen LogP contribution < -0.4 is 10.5 Å². The molecule has 108 valence electrons. The highest BCUT2D eigenvalue weighted by Crippen LogP contribution is 2.15. The molecular formula is C16H27NO2. The summed E-state index contributed by atoms with van der Waals surface area (Å²) in [6.07, 6.45) is 5.05. The Morgan fingerprint density at radius 2 is 1.89 bits per heavy atom. The molecule has 0 heterocycles. The van der Waals surface area contributed by atoms with E-state index in [2.05, 4.69) is 19.1 Å². The maximum atomic E-state index is 9.04. The molecule has 0 fully saturated rings. The third kappa shape index (κ3) is 6.60. The van der Waals surface area contributed by atoms with Crippen LogP contribution in [0.15, 0.2) is 24.3 Å². The number of unbranched alkanes of at least 4 members (excludes halogenated alkanes) is 1. The Hall–Kier alpha value is -1.06. The summed E-state index contributed by atoms with van der Waals surface area (Å²) in [5.41, 5.74) is 6.77. The van der Waals surface area contributed by atoms with Crippen LogP contribution in [0.5, 0.6) is 5.75 Å². The van der Waals surface area contributed by atoms with Crippen LogP contribution in [-0.4, -0.2) is 23.9 Å². The van der Waals surface area contributed by atoms with Crippen molar-refractivity contribution in [1.29, 1.82) is 0 Å². The van der Waals surface area contributed by atoms with Crippen molar-refractivity contribution in [3.63, 3.8) is 0 Å². The Kier molecular flexibility index (Phi) is 6.89. The van der Waals surface area contributed by atoms with Crippen LogP contribution in [0.4, 0.5) is 0 Å². The highest BCUT2D eigenvalue weighted by Gasteiger charge is 2.15. The molecule has 0 radical (unpaired) electrons. The zero-order valence-corrected chi connectivity index (χ0v) is 12.2. The van der Waals surface area contributed by atoms with Gasteiger partial charge in [-0.1, -0.05) is 25.5 Å². The van der Waals surface area contributed by atoms with E-state index in [0.29, 0.717) is 6.61 Å². The van der Waals surface area contributed by atoms with Crippen molar-refractivity contribution in [2.24, 2.45) is 5.73 Å². The van der Waals surface area contributed by atoms with E-state index >= 15 is 0 Å². The van der Waals surface area contributed by atoms with Crippen LogP contribution in [0.3, 0.4) is 0 Å². The second-order valence-electron chi connectivity index (χ2n) is 5.51. The first-order valence-corrected chi connectivity index (χ1v) is 7.19. The van der Waals surface area contributed by atoms with Gasteiger partial charge in [0.05, 0.1) is 13.2 Å². The van der Waals surface area contributed by atoms with Crippen LogP contribution in [0, 0.1) is 0 Å². The molecule has 0 aromatic heterocycles. The number of hydrogen-bond acceptors (Lipinski definition) is 3. The van der Waals surface area contributed by atoms with E-state index in [1.807, 2.05) is 19.1 Å². The molecule has 1 aromatic rings. The van der Waals surface area contributed by atoms with Gasteiger partial charge in [0.25, 0.3) is 0 Å². The Morgan fingerprint density at radius 3 is 2.47 bits per heavy atom. The molecule has 1 rings (SSSR count). The monoisotopic (exact) mass is 265 g/mol. The third-order valence-electron chi connectivity index (χ3n) is 3.23. The molecule has 3 N–H and O–H groups in total. The summed E-state index contributed by atoms with van der Waals surface area (Å²) in [6.45, 7) is 4.80. The lowest BCUT2D eigenvalue weighted by Crippen LogP contribution is -2.39. The zero-order valence-electron chi connectivity index (χ0n) is 12.2. The average molecular weight is 265 g/mol. The van der Waals surface area contributed by atoms with Crippen LogP contribution in [0.1, 0.15) is 45.1 Å². The van der Waals surface area contributed by atoms with Crippen molar-refractivity contribution in [2.45, 2.75) is 51.5 Å².